The number of hydrogen-bond donors (Lipinski definition) is 2. The van der Waals surface area contributed by atoms with Crippen LogP contribution in [0.25, 0.3) is 11.0 Å². The van der Waals surface area contributed by atoms with Crippen LogP contribution in [0, 0.1) is 0 Å². The molecular weight excluding hydrogens is 288 g/mol. The van der Waals surface area contributed by atoms with Crippen molar-refractivity contribution >= 4 is 29.3 Å². The van der Waals surface area contributed by atoms with Gasteiger partial charge in [-0.1, -0.05) is 18.2 Å². The third kappa shape index (κ3) is 3.57. The largest absolute Gasteiger partial charge is 0.460 e. The number of nitrogens with one attached hydrogen (secondary N) is 2. The van der Waals surface area contributed by atoms with E-state index in [-0.39, 0.29) is 30.3 Å². The summed E-state index contributed by atoms with van der Waals surface area (Å²) >= 11 is 0. The highest BCUT2D eigenvalue weighted by atomic mass is 35.5. The molecule has 4 nitrogen and oxygen atoms in total. The van der Waals surface area contributed by atoms with Crippen LogP contribution < -0.4 is 10.6 Å². The number of hydrogen-bond acceptors (Lipinski definition) is 3. The van der Waals surface area contributed by atoms with Gasteiger partial charge in [0.15, 0.2) is 0 Å². The van der Waals surface area contributed by atoms with Crippen LogP contribution in [0.5, 0.6) is 0 Å². The van der Waals surface area contributed by atoms with E-state index in [9.17, 15) is 4.79 Å². The molecule has 21 heavy (non-hydrogen) atoms. The Balaban J connectivity index is 0.00000161. The summed E-state index contributed by atoms with van der Waals surface area (Å²) in [5.41, 5.74) is 0.837. The van der Waals surface area contributed by atoms with Gasteiger partial charge in [-0.25, -0.2) is 0 Å². The second-order valence-electron chi connectivity index (χ2n) is 5.44. The van der Waals surface area contributed by atoms with Gasteiger partial charge in [0.1, 0.15) is 11.3 Å². The normalized spacial score (nSPS) is 17.2. The van der Waals surface area contributed by atoms with Crippen molar-refractivity contribution in [3.8, 4) is 0 Å². The minimum atomic E-state index is -0.253. The Bertz CT molecular complexity index is 572. The topological polar surface area (TPSA) is 54.3 Å². The highest BCUT2D eigenvalue weighted by molar-refractivity contribution is 5.86. The van der Waals surface area contributed by atoms with E-state index in [1.807, 2.05) is 37.3 Å². The SMILES string of the molecule is CC(C(=O)NC1CCNCC1)c1cc2ccccc2o1.Cl. The zero-order valence-corrected chi connectivity index (χ0v) is 12.9. The molecule has 0 spiro atoms. The van der Waals surface area contributed by atoms with Gasteiger partial charge in [-0.2, -0.15) is 0 Å². The summed E-state index contributed by atoms with van der Waals surface area (Å²) in [4.78, 5) is 12.3. The van der Waals surface area contributed by atoms with E-state index in [0.717, 1.165) is 42.7 Å². The molecule has 2 aromatic rings. The second kappa shape index (κ2) is 6.96. The molecule has 5 heteroatoms. The maximum Gasteiger partial charge on any atom is 0.230 e. The molecule has 0 radical (unpaired) electrons. The molecule has 0 bridgehead atoms. The highest BCUT2D eigenvalue weighted by Crippen LogP contribution is 2.25. The van der Waals surface area contributed by atoms with Gasteiger partial charge in [0.25, 0.3) is 0 Å². The Hall–Kier alpha value is -1.52. The van der Waals surface area contributed by atoms with Crippen molar-refractivity contribution in [1.82, 2.24) is 10.6 Å². The van der Waals surface area contributed by atoms with Crippen molar-refractivity contribution in [3.63, 3.8) is 0 Å². The molecule has 1 aromatic heterocycles. The van der Waals surface area contributed by atoms with Crippen molar-refractivity contribution in [1.29, 1.82) is 0 Å². The lowest BCUT2D eigenvalue weighted by Gasteiger charge is -2.24. The van der Waals surface area contributed by atoms with E-state index in [4.69, 9.17) is 4.42 Å². The molecular formula is C16H21ClN2O2. The molecule has 1 unspecified atom stereocenters. The van der Waals surface area contributed by atoms with Gasteiger partial charge in [-0.3, -0.25) is 4.79 Å². The molecule has 1 aromatic carbocycles. The van der Waals surface area contributed by atoms with Crippen LogP contribution in [0.1, 0.15) is 31.4 Å². The Labute approximate surface area is 130 Å². The second-order valence-corrected chi connectivity index (χ2v) is 5.44. The molecule has 0 saturated carbocycles. The maximum absolute atomic E-state index is 12.3. The van der Waals surface area contributed by atoms with Crippen LogP contribution in [0.4, 0.5) is 0 Å². The van der Waals surface area contributed by atoms with Crippen molar-refractivity contribution in [3.05, 3.63) is 36.1 Å². The number of halogens is 1. The summed E-state index contributed by atoms with van der Waals surface area (Å²) in [6.45, 7) is 3.85. The van der Waals surface area contributed by atoms with Crippen molar-refractivity contribution in [2.24, 2.45) is 0 Å². The molecule has 0 aliphatic carbocycles. The van der Waals surface area contributed by atoms with Crippen LogP contribution >= 0.6 is 12.4 Å². The van der Waals surface area contributed by atoms with Crippen molar-refractivity contribution in [2.75, 3.05) is 13.1 Å². The van der Waals surface area contributed by atoms with Gasteiger partial charge in [0.05, 0.1) is 5.92 Å². The lowest BCUT2D eigenvalue weighted by atomic mass is 10.0. The van der Waals surface area contributed by atoms with Crippen LogP contribution in [0.2, 0.25) is 0 Å². The molecule has 1 aliphatic heterocycles. The lowest BCUT2D eigenvalue weighted by Crippen LogP contribution is -2.44. The number of carbonyl (C=O) groups is 1. The molecule has 1 atom stereocenters. The zero-order valence-electron chi connectivity index (χ0n) is 12.1. The Morgan fingerprint density at radius 1 is 1.33 bits per heavy atom. The first kappa shape index (κ1) is 15.9. The zero-order chi connectivity index (χ0) is 13.9. The van der Waals surface area contributed by atoms with Gasteiger partial charge in [0.2, 0.25) is 5.91 Å². The van der Waals surface area contributed by atoms with Gasteiger partial charge < -0.3 is 15.1 Å². The lowest BCUT2D eigenvalue weighted by molar-refractivity contribution is -0.123. The van der Waals surface area contributed by atoms with Crippen LogP contribution in [-0.4, -0.2) is 25.0 Å². The van der Waals surface area contributed by atoms with E-state index in [0.29, 0.717) is 0 Å². The standard InChI is InChI=1S/C16H20N2O2.ClH/c1-11(16(19)18-13-6-8-17-9-7-13)15-10-12-4-2-3-5-14(12)20-15;/h2-5,10-11,13,17H,6-9H2,1H3,(H,18,19);1H. The molecule has 2 N–H and O–H groups in total. The minimum Gasteiger partial charge on any atom is -0.460 e. The average Bonchev–Trinajstić information content (AvgIpc) is 2.91. The predicted molar refractivity (Wildman–Crippen MR) is 85.9 cm³/mol. The van der Waals surface area contributed by atoms with Gasteiger partial charge >= 0.3 is 0 Å². The summed E-state index contributed by atoms with van der Waals surface area (Å²) in [7, 11) is 0. The predicted octanol–water partition coefficient (Wildman–Crippen LogP) is 2.83. The smallest absolute Gasteiger partial charge is 0.230 e. The maximum atomic E-state index is 12.3. The number of benzene rings is 1. The van der Waals surface area contributed by atoms with Gasteiger partial charge in [0, 0.05) is 11.4 Å². The fourth-order valence-electron chi connectivity index (χ4n) is 2.64. The highest BCUT2D eigenvalue weighted by Gasteiger charge is 2.23. The fraction of sp³-hybridized carbons (Fsp3) is 0.438. The molecule has 1 aliphatic rings. The fourth-order valence-corrected chi connectivity index (χ4v) is 2.64. The summed E-state index contributed by atoms with van der Waals surface area (Å²) in [5, 5.41) is 7.46. The van der Waals surface area contributed by atoms with Crippen LogP contribution in [0.15, 0.2) is 34.7 Å². The molecule has 2 heterocycles. The van der Waals surface area contributed by atoms with E-state index in [1.165, 1.54) is 0 Å². The molecule has 114 valence electrons. The van der Waals surface area contributed by atoms with E-state index >= 15 is 0 Å². The number of para-hydroxylation sites is 1. The summed E-state index contributed by atoms with van der Waals surface area (Å²) < 4.78 is 5.77. The number of fused-ring (bicyclic) bond motifs is 1. The van der Waals surface area contributed by atoms with Crippen LogP contribution in [-0.2, 0) is 4.79 Å². The number of rotatable bonds is 3. The third-order valence-electron chi connectivity index (χ3n) is 3.95. The molecule has 1 saturated heterocycles. The number of furan rings is 1. The Morgan fingerprint density at radius 3 is 2.76 bits per heavy atom. The molecule has 1 fully saturated rings. The minimum absolute atomic E-state index is 0. The number of amides is 1. The number of carbonyl (C=O) groups excluding carboxylic acids is 1. The van der Waals surface area contributed by atoms with Crippen molar-refractivity contribution < 1.29 is 9.21 Å². The Kier molecular flexibility index (Phi) is 5.26. The van der Waals surface area contributed by atoms with Gasteiger partial charge in [-0.15, -0.1) is 12.4 Å². The quantitative estimate of drug-likeness (QED) is 0.917. The first-order valence-corrected chi connectivity index (χ1v) is 7.23. The Morgan fingerprint density at radius 2 is 2.05 bits per heavy atom. The average molecular weight is 309 g/mol. The van der Waals surface area contributed by atoms with E-state index < -0.39 is 0 Å². The molecule has 3 rings (SSSR count). The summed E-state index contributed by atoms with van der Waals surface area (Å²) in [6, 6.07) is 10.1. The first-order valence-electron chi connectivity index (χ1n) is 7.23. The van der Waals surface area contributed by atoms with Crippen LogP contribution in [0.3, 0.4) is 0 Å². The first-order chi connectivity index (χ1) is 9.74. The van der Waals surface area contributed by atoms with E-state index in [2.05, 4.69) is 10.6 Å². The summed E-state index contributed by atoms with van der Waals surface area (Å²) in [6.07, 6.45) is 2.00. The summed E-state index contributed by atoms with van der Waals surface area (Å²) in [5.74, 6) is 0.533. The van der Waals surface area contributed by atoms with E-state index in [1.54, 1.807) is 0 Å². The van der Waals surface area contributed by atoms with Gasteiger partial charge in [-0.05, 0) is 45.0 Å². The molecule has 1 amide bonds. The number of piperidine rings is 1. The van der Waals surface area contributed by atoms with Crippen molar-refractivity contribution in [2.45, 2.75) is 31.7 Å². The third-order valence-corrected chi connectivity index (χ3v) is 3.95. The monoisotopic (exact) mass is 308 g/mol.